The number of nitriles is 1. The molecule has 0 aliphatic heterocycles. The third-order valence-corrected chi connectivity index (χ3v) is 4.92. The number of esters is 1. The molecule has 0 radical (unpaired) electrons. The van der Waals surface area contributed by atoms with Crippen molar-refractivity contribution in [2.75, 3.05) is 6.61 Å². The van der Waals surface area contributed by atoms with Crippen LogP contribution >= 0.6 is 0 Å². The molecule has 1 heterocycles. The van der Waals surface area contributed by atoms with Gasteiger partial charge in [-0.2, -0.15) is 5.26 Å². The Morgan fingerprint density at radius 1 is 1.26 bits per heavy atom. The summed E-state index contributed by atoms with van der Waals surface area (Å²) >= 11 is 0. The third-order valence-electron chi connectivity index (χ3n) is 4.92. The second kappa shape index (κ2) is 11.1. The molecule has 2 rings (SSSR count). The Balaban J connectivity index is 1.96. The van der Waals surface area contributed by atoms with Gasteiger partial charge in [0.15, 0.2) is 6.61 Å². The number of ether oxygens (including phenoxy) is 1. The van der Waals surface area contributed by atoms with Crippen molar-refractivity contribution in [1.29, 1.82) is 5.26 Å². The van der Waals surface area contributed by atoms with Crippen LogP contribution in [0.5, 0.6) is 0 Å². The summed E-state index contributed by atoms with van der Waals surface area (Å²) in [6, 6.07) is 9.48. The van der Waals surface area contributed by atoms with Gasteiger partial charge in [-0.25, -0.2) is 9.18 Å². The lowest BCUT2D eigenvalue weighted by molar-refractivity contribution is -0.144. The van der Waals surface area contributed by atoms with Gasteiger partial charge in [-0.15, -0.1) is 0 Å². The Morgan fingerprint density at radius 2 is 1.94 bits per heavy atom. The Morgan fingerprint density at radius 3 is 2.55 bits per heavy atom. The minimum Gasteiger partial charge on any atom is -0.451 e. The highest BCUT2D eigenvalue weighted by Gasteiger charge is 2.15. The van der Waals surface area contributed by atoms with E-state index in [-0.39, 0.29) is 17.9 Å². The molecule has 0 unspecified atom stereocenters. The SMILES string of the molecule is Cc1cc(/C=C(\C#N)C(=O)OCC(=O)NCc2ccc(F)cc2)c(C)n1CCC(C)C. The summed E-state index contributed by atoms with van der Waals surface area (Å²) in [6.45, 7) is 8.79. The zero-order chi connectivity index (χ0) is 23.0. The number of amides is 1. The van der Waals surface area contributed by atoms with E-state index in [1.54, 1.807) is 12.1 Å². The van der Waals surface area contributed by atoms with Crippen LogP contribution in [0.3, 0.4) is 0 Å². The van der Waals surface area contributed by atoms with Crippen LogP contribution in [-0.4, -0.2) is 23.1 Å². The van der Waals surface area contributed by atoms with Crippen LogP contribution in [0.25, 0.3) is 6.08 Å². The maximum Gasteiger partial charge on any atom is 0.349 e. The average Bonchev–Trinajstić information content (AvgIpc) is 3.00. The van der Waals surface area contributed by atoms with E-state index < -0.39 is 18.5 Å². The molecule has 2 aromatic rings. The highest BCUT2D eigenvalue weighted by molar-refractivity contribution is 5.99. The number of halogens is 1. The quantitative estimate of drug-likeness (QED) is 0.373. The first-order valence-electron chi connectivity index (χ1n) is 10.2. The van der Waals surface area contributed by atoms with Gasteiger partial charge in [-0.1, -0.05) is 26.0 Å². The van der Waals surface area contributed by atoms with Crippen LogP contribution in [0.4, 0.5) is 4.39 Å². The highest BCUT2D eigenvalue weighted by atomic mass is 19.1. The van der Waals surface area contributed by atoms with Crippen LogP contribution < -0.4 is 5.32 Å². The zero-order valence-electron chi connectivity index (χ0n) is 18.4. The van der Waals surface area contributed by atoms with Crippen molar-refractivity contribution in [3.63, 3.8) is 0 Å². The molecule has 0 saturated heterocycles. The summed E-state index contributed by atoms with van der Waals surface area (Å²) in [5.74, 6) is -1.16. The summed E-state index contributed by atoms with van der Waals surface area (Å²) in [6.07, 6.45) is 2.52. The molecule has 164 valence electrons. The van der Waals surface area contributed by atoms with Gasteiger partial charge in [0.1, 0.15) is 17.5 Å². The first-order valence-corrected chi connectivity index (χ1v) is 10.2. The second-order valence-electron chi connectivity index (χ2n) is 7.81. The topological polar surface area (TPSA) is 84.1 Å². The van der Waals surface area contributed by atoms with Crippen LogP contribution in [0, 0.1) is 36.9 Å². The van der Waals surface area contributed by atoms with Crippen molar-refractivity contribution in [3.8, 4) is 6.07 Å². The van der Waals surface area contributed by atoms with Crippen molar-refractivity contribution >= 4 is 18.0 Å². The van der Waals surface area contributed by atoms with Gasteiger partial charge in [0, 0.05) is 24.5 Å². The lowest BCUT2D eigenvalue weighted by atomic mass is 10.1. The number of hydrogen-bond acceptors (Lipinski definition) is 4. The van der Waals surface area contributed by atoms with Gasteiger partial charge in [-0.3, -0.25) is 4.79 Å². The Hall–Kier alpha value is -3.40. The molecule has 1 aromatic heterocycles. The summed E-state index contributed by atoms with van der Waals surface area (Å²) in [5, 5.41) is 12.0. The first kappa shape index (κ1) is 23.9. The van der Waals surface area contributed by atoms with Crippen LogP contribution in [-0.2, 0) is 27.4 Å². The second-order valence-corrected chi connectivity index (χ2v) is 7.81. The van der Waals surface area contributed by atoms with Crippen molar-refractivity contribution in [1.82, 2.24) is 9.88 Å². The van der Waals surface area contributed by atoms with Crippen LogP contribution in [0.15, 0.2) is 35.9 Å². The summed E-state index contributed by atoms with van der Waals surface area (Å²) < 4.78 is 20.0. The summed E-state index contributed by atoms with van der Waals surface area (Å²) in [4.78, 5) is 24.2. The maximum absolute atomic E-state index is 12.9. The van der Waals surface area contributed by atoms with Gasteiger partial charge in [0.25, 0.3) is 5.91 Å². The molecule has 0 atom stereocenters. The standard InChI is InChI=1S/C24H28FN3O3/c1-16(2)9-10-28-17(3)11-20(18(28)4)12-21(13-26)24(30)31-15-23(29)27-14-19-5-7-22(25)8-6-19/h5-8,11-12,16H,9-10,14-15H2,1-4H3,(H,27,29)/b21-12+. The lowest BCUT2D eigenvalue weighted by Gasteiger charge is -2.11. The molecule has 0 saturated carbocycles. The number of hydrogen-bond donors (Lipinski definition) is 1. The van der Waals surface area contributed by atoms with Crippen LogP contribution in [0.1, 0.15) is 42.8 Å². The highest BCUT2D eigenvalue weighted by Crippen LogP contribution is 2.20. The van der Waals surface area contributed by atoms with E-state index in [0.717, 1.165) is 29.9 Å². The lowest BCUT2D eigenvalue weighted by Crippen LogP contribution is -2.28. The van der Waals surface area contributed by atoms with E-state index in [0.29, 0.717) is 11.5 Å². The van der Waals surface area contributed by atoms with E-state index in [1.807, 2.05) is 26.0 Å². The first-order chi connectivity index (χ1) is 14.7. The molecular weight excluding hydrogens is 397 g/mol. The molecule has 1 N–H and O–H groups in total. The number of aromatic nitrogens is 1. The van der Waals surface area contributed by atoms with E-state index in [9.17, 15) is 19.2 Å². The molecule has 1 amide bonds. The number of rotatable bonds is 9. The predicted octanol–water partition coefficient (Wildman–Crippen LogP) is 4.06. The minimum atomic E-state index is -0.855. The van der Waals surface area contributed by atoms with Gasteiger partial charge >= 0.3 is 5.97 Å². The molecule has 0 aliphatic carbocycles. The number of nitrogens with zero attached hydrogens (tertiary/aromatic N) is 2. The van der Waals surface area contributed by atoms with Gasteiger partial charge in [0.05, 0.1) is 0 Å². The normalized spacial score (nSPS) is 11.3. The largest absolute Gasteiger partial charge is 0.451 e. The summed E-state index contributed by atoms with van der Waals surface area (Å²) in [5.41, 5.74) is 3.34. The molecule has 31 heavy (non-hydrogen) atoms. The average molecular weight is 426 g/mol. The molecule has 0 fully saturated rings. The van der Waals surface area contributed by atoms with Crippen LogP contribution in [0.2, 0.25) is 0 Å². The molecule has 0 aliphatic rings. The number of aryl methyl sites for hydroxylation is 1. The Labute approximate surface area is 182 Å². The van der Waals surface area contributed by atoms with E-state index >= 15 is 0 Å². The van der Waals surface area contributed by atoms with Gasteiger partial charge in [-0.05, 0) is 61.6 Å². The van der Waals surface area contributed by atoms with Crippen molar-refractivity contribution < 1.29 is 18.7 Å². The Bertz CT molecular complexity index is 998. The fourth-order valence-electron chi connectivity index (χ4n) is 3.06. The van der Waals surface area contributed by atoms with E-state index in [4.69, 9.17) is 4.74 Å². The van der Waals surface area contributed by atoms with Crippen molar-refractivity contribution in [2.45, 2.75) is 47.2 Å². The monoisotopic (exact) mass is 425 g/mol. The predicted molar refractivity (Wildman–Crippen MR) is 116 cm³/mol. The molecule has 0 spiro atoms. The third kappa shape index (κ3) is 7.10. The minimum absolute atomic E-state index is 0.171. The summed E-state index contributed by atoms with van der Waals surface area (Å²) in [7, 11) is 0. The molecule has 6 nitrogen and oxygen atoms in total. The fraction of sp³-hybridized carbons (Fsp3) is 0.375. The maximum atomic E-state index is 12.9. The van der Waals surface area contributed by atoms with Gasteiger partial charge in [0.2, 0.25) is 0 Å². The Kier molecular flexibility index (Phi) is 8.56. The zero-order valence-corrected chi connectivity index (χ0v) is 18.4. The molecule has 1 aromatic carbocycles. The molecular formula is C24H28FN3O3. The number of carbonyl (C=O) groups excluding carboxylic acids is 2. The smallest absolute Gasteiger partial charge is 0.349 e. The van der Waals surface area contributed by atoms with E-state index in [1.165, 1.54) is 18.2 Å². The van der Waals surface area contributed by atoms with E-state index in [2.05, 4.69) is 23.7 Å². The number of nitrogens with one attached hydrogen (secondary N) is 1. The molecule has 0 bridgehead atoms. The number of benzene rings is 1. The van der Waals surface area contributed by atoms with Gasteiger partial charge < -0.3 is 14.6 Å². The van der Waals surface area contributed by atoms with Crippen molar-refractivity contribution in [2.24, 2.45) is 5.92 Å². The fourth-order valence-corrected chi connectivity index (χ4v) is 3.06. The molecule has 7 heteroatoms. The van der Waals surface area contributed by atoms with Crippen molar-refractivity contribution in [3.05, 3.63) is 64.2 Å². The number of carbonyl (C=O) groups is 2.